The summed E-state index contributed by atoms with van der Waals surface area (Å²) in [5.41, 5.74) is 6.77. The molecule has 1 unspecified atom stereocenters. The number of ether oxygens (including phenoxy) is 3. The van der Waals surface area contributed by atoms with E-state index in [0.717, 1.165) is 33.6 Å². The molecule has 43 heavy (non-hydrogen) atoms. The summed E-state index contributed by atoms with van der Waals surface area (Å²) in [4.78, 5) is 15.8. The van der Waals surface area contributed by atoms with Gasteiger partial charge in [-0.25, -0.2) is 0 Å². The van der Waals surface area contributed by atoms with Crippen molar-refractivity contribution in [1.82, 2.24) is 15.1 Å². The van der Waals surface area contributed by atoms with E-state index in [1.165, 1.54) is 0 Å². The molecule has 2 heterocycles. The number of H-pyrrole nitrogens is 1. The van der Waals surface area contributed by atoms with E-state index in [2.05, 4.69) is 10.2 Å². The van der Waals surface area contributed by atoms with Gasteiger partial charge in [-0.1, -0.05) is 54.6 Å². The lowest BCUT2D eigenvalue weighted by molar-refractivity contribution is 0.0730. The fourth-order valence-electron chi connectivity index (χ4n) is 5.69. The molecule has 1 aromatic heterocycles. The molecule has 0 aliphatic carbocycles. The number of nitrogens with one attached hydrogen (secondary N) is 1. The highest BCUT2D eigenvalue weighted by Crippen LogP contribution is 2.47. The Kier molecular flexibility index (Phi) is 7.50. The highest BCUT2D eigenvalue weighted by Gasteiger charge is 2.43. The Hall–Kier alpha value is -5.24. The van der Waals surface area contributed by atoms with Gasteiger partial charge in [0.25, 0.3) is 5.91 Å². The van der Waals surface area contributed by atoms with Gasteiger partial charge in [0.05, 0.1) is 20.3 Å². The van der Waals surface area contributed by atoms with Gasteiger partial charge in [0.1, 0.15) is 29.5 Å². The van der Waals surface area contributed by atoms with E-state index in [-0.39, 0.29) is 11.7 Å². The molecule has 0 bridgehead atoms. The second kappa shape index (κ2) is 11.6. The second-order valence-corrected chi connectivity index (χ2v) is 10.7. The van der Waals surface area contributed by atoms with Crippen LogP contribution in [0.2, 0.25) is 0 Å². The number of fused-ring (bicyclic) bond motifs is 1. The molecular formula is C35H33N3O5. The molecular weight excluding hydrogens is 542 g/mol. The maximum atomic E-state index is 14.0. The molecule has 4 aromatic carbocycles. The number of aromatic amines is 1. The van der Waals surface area contributed by atoms with Crippen LogP contribution in [0.15, 0.2) is 84.9 Å². The largest absolute Gasteiger partial charge is 0.507 e. The third-order valence-electron chi connectivity index (χ3n) is 7.82. The Bertz CT molecular complexity index is 1780. The monoisotopic (exact) mass is 575 g/mol. The summed E-state index contributed by atoms with van der Waals surface area (Å²) < 4.78 is 17.2. The normalized spacial score (nSPS) is 14.1. The Balaban J connectivity index is 1.44. The molecule has 8 nitrogen and oxygen atoms in total. The molecule has 0 saturated carbocycles. The van der Waals surface area contributed by atoms with Crippen molar-refractivity contribution < 1.29 is 24.1 Å². The van der Waals surface area contributed by atoms with Gasteiger partial charge in [-0.3, -0.25) is 9.89 Å². The predicted octanol–water partition coefficient (Wildman–Crippen LogP) is 6.74. The van der Waals surface area contributed by atoms with E-state index in [9.17, 15) is 9.90 Å². The van der Waals surface area contributed by atoms with Crippen LogP contribution in [-0.4, -0.2) is 40.3 Å². The fraction of sp³-hybridized carbons (Fsp3) is 0.200. The Morgan fingerprint density at radius 2 is 1.65 bits per heavy atom. The van der Waals surface area contributed by atoms with Crippen LogP contribution in [0.1, 0.15) is 49.9 Å². The number of phenolic OH excluding ortho intramolecular Hbond substituents is 1. The number of aromatic nitrogens is 2. The smallest absolute Gasteiger partial charge is 0.273 e. The first-order valence-electron chi connectivity index (χ1n) is 14.0. The zero-order chi connectivity index (χ0) is 30.1. The van der Waals surface area contributed by atoms with Gasteiger partial charge in [-0.05, 0) is 72.0 Å². The van der Waals surface area contributed by atoms with Gasteiger partial charge in [-0.15, -0.1) is 0 Å². The maximum absolute atomic E-state index is 14.0. The van der Waals surface area contributed by atoms with Gasteiger partial charge >= 0.3 is 0 Å². The van der Waals surface area contributed by atoms with Gasteiger partial charge in [0, 0.05) is 17.7 Å². The van der Waals surface area contributed by atoms with Crippen molar-refractivity contribution in [2.24, 2.45) is 0 Å². The SMILES string of the molecule is COc1ccc(CN2C(=O)c3[nH]nc(-c4cc(C)cc(C)c4O)c3C2c2ccc(OCc3ccccc3)c(OC)c2)cc1. The number of carbonyl (C=O) groups is 1. The summed E-state index contributed by atoms with van der Waals surface area (Å²) >= 11 is 0. The van der Waals surface area contributed by atoms with Crippen molar-refractivity contribution in [3.05, 3.63) is 124 Å². The zero-order valence-electron chi connectivity index (χ0n) is 24.5. The molecule has 1 aliphatic heterocycles. The van der Waals surface area contributed by atoms with Crippen LogP contribution in [-0.2, 0) is 13.2 Å². The zero-order valence-corrected chi connectivity index (χ0v) is 24.5. The summed E-state index contributed by atoms with van der Waals surface area (Å²) in [5, 5.41) is 18.6. The number of hydrogen-bond acceptors (Lipinski definition) is 6. The van der Waals surface area contributed by atoms with Crippen LogP contribution in [0.4, 0.5) is 0 Å². The second-order valence-electron chi connectivity index (χ2n) is 10.7. The third-order valence-corrected chi connectivity index (χ3v) is 7.82. The van der Waals surface area contributed by atoms with E-state index < -0.39 is 6.04 Å². The minimum atomic E-state index is -0.504. The Morgan fingerprint density at radius 1 is 0.884 bits per heavy atom. The lowest BCUT2D eigenvalue weighted by atomic mass is 9.93. The number of methoxy groups -OCH3 is 2. The molecule has 0 saturated heterocycles. The molecule has 0 radical (unpaired) electrons. The highest BCUT2D eigenvalue weighted by atomic mass is 16.5. The summed E-state index contributed by atoms with van der Waals surface area (Å²) in [7, 11) is 3.23. The van der Waals surface area contributed by atoms with Gasteiger partial charge in [0.2, 0.25) is 0 Å². The molecule has 1 amide bonds. The van der Waals surface area contributed by atoms with Crippen molar-refractivity contribution in [2.45, 2.75) is 33.0 Å². The van der Waals surface area contributed by atoms with Gasteiger partial charge in [0.15, 0.2) is 11.5 Å². The van der Waals surface area contributed by atoms with E-state index in [0.29, 0.717) is 47.2 Å². The van der Waals surface area contributed by atoms with Crippen LogP contribution >= 0.6 is 0 Å². The Morgan fingerprint density at radius 3 is 2.37 bits per heavy atom. The molecule has 1 atom stereocenters. The number of hydrogen-bond donors (Lipinski definition) is 2. The lowest BCUT2D eigenvalue weighted by Crippen LogP contribution is -2.29. The first kappa shape index (κ1) is 27.9. The van der Waals surface area contributed by atoms with Crippen LogP contribution in [0.25, 0.3) is 11.3 Å². The first-order chi connectivity index (χ1) is 20.9. The molecule has 1 aliphatic rings. The maximum Gasteiger partial charge on any atom is 0.273 e. The van der Waals surface area contributed by atoms with Crippen LogP contribution < -0.4 is 14.2 Å². The molecule has 5 aromatic rings. The van der Waals surface area contributed by atoms with Crippen molar-refractivity contribution in [3.63, 3.8) is 0 Å². The predicted molar refractivity (Wildman–Crippen MR) is 164 cm³/mol. The average Bonchev–Trinajstić information content (AvgIpc) is 3.57. The number of rotatable bonds is 9. The van der Waals surface area contributed by atoms with Gasteiger partial charge in [-0.2, -0.15) is 5.10 Å². The quantitative estimate of drug-likeness (QED) is 0.202. The molecule has 6 rings (SSSR count). The highest BCUT2D eigenvalue weighted by molar-refractivity contribution is 6.00. The van der Waals surface area contributed by atoms with Crippen LogP contribution in [0.3, 0.4) is 0 Å². The van der Waals surface area contributed by atoms with E-state index >= 15 is 0 Å². The number of benzene rings is 4. The molecule has 0 fully saturated rings. The number of aromatic hydroxyl groups is 1. The van der Waals surface area contributed by atoms with Crippen LogP contribution in [0.5, 0.6) is 23.0 Å². The van der Waals surface area contributed by atoms with Crippen molar-refractivity contribution >= 4 is 5.91 Å². The summed E-state index contributed by atoms with van der Waals surface area (Å²) in [6.07, 6.45) is 0. The molecule has 8 heteroatoms. The van der Waals surface area contributed by atoms with Crippen molar-refractivity contribution in [2.75, 3.05) is 14.2 Å². The van der Waals surface area contributed by atoms with E-state index in [4.69, 9.17) is 14.2 Å². The number of amides is 1. The number of nitrogens with zero attached hydrogens (tertiary/aromatic N) is 2. The summed E-state index contributed by atoms with van der Waals surface area (Å²) in [5.74, 6) is 1.85. The first-order valence-corrected chi connectivity index (χ1v) is 14.0. The average molecular weight is 576 g/mol. The topological polar surface area (TPSA) is 96.9 Å². The minimum absolute atomic E-state index is 0.141. The molecule has 2 N–H and O–H groups in total. The summed E-state index contributed by atoms with van der Waals surface area (Å²) in [6, 6.07) is 26.6. The number of phenols is 1. The van der Waals surface area contributed by atoms with Crippen molar-refractivity contribution in [3.8, 4) is 34.3 Å². The minimum Gasteiger partial charge on any atom is -0.507 e. The third kappa shape index (κ3) is 5.28. The lowest BCUT2D eigenvalue weighted by Gasteiger charge is -2.27. The molecule has 218 valence electrons. The standard InChI is InChI=1S/C35H33N3O5/c1-21-16-22(2)34(39)27(17-21)31-30-32(37-36-31)35(40)38(19-23-10-13-26(41-3)14-11-23)33(30)25-12-15-28(29(18-25)42-4)43-20-24-8-6-5-7-9-24/h5-18,33,39H,19-20H2,1-4H3,(H,36,37). The fourth-order valence-corrected chi connectivity index (χ4v) is 5.69. The molecule has 0 spiro atoms. The van der Waals surface area contributed by atoms with Crippen LogP contribution in [0, 0.1) is 13.8 Å². The summed E-state index contributed by atoms with van der Waals surface area (Å²) in [6.45, 7) is 4.57. The number of aryl methyl sites for hydroxylation is 2. The van der Waals surface area contributed by atoms with Gasteiger partial charge < -0.3 is 24.2 Å². The number of carbonyl (C=O) groups excluding carboxylic acids is 1. The van der Waals surface area contributed by atoms with Crippen molar-refractivity contribution in [1.29, 1.82) is 0 Å². The van der Waals surface area contributed by atoms with E-state index in [1.54, 1.807) is 14.2 Å². The Labute approximate surface area is 250 Å². The van der Waals surface area contributed by atoms with E-state index in [1.807, 2.05) is 104 Å².